The number of aliphatic carboxylic acids is 1. The van der Waals surface area contributed by atoms with E-state index in [2.05, 4.69) is 52.7 Å². The molecule has 0 saturated carbocycles. The van der Waals surface area contributed by atoms with E-state index < -0.39 is 12.1 Å². The molecule has 4 heterocycles. The third kappa shape index (κ3) is 5.03. The van der Waals surface area contributed by atoms with E-state index in [1.807, 2.05) is 17.2 Å². The van der Waals surface area contributed by atoms with E-state index in [0.717, 1.165) is 31.0 Å². The minimum atomic E-state index is -5.08. The van der Waals surface area contributed by atoms with E-state index in [1.165, 1.54) is 5.69 Å². The molecule has 0 aliphatic carbocycles. The molecule has 1 unspecified atom stereocenters. The number of amides is 1. The van der Waals surface area contributed by atoms with Gasteiger partial charge in [-0.3, -0.25) is 4.79 Å². The van der Waals surface area contributed by atoms with Crippen molar-refractivity contribution in [3.8, 4) is 5.82 Å². The number of halogens is 3. The van der Waals surface area contributed by atoms with Crippen LogP contribution in [0, 0.1) is 5.92 Å². The summed E-state index contributed by atoms with van der Waals surface area (Å²) in [5.41, 5.74) is 2.09. The molecule has 1 atom stereocenters. The molecule has 0 bridgehead atoms. The summed E-state index contributed by atoms with van der Waals surface area (Å²) in [6.07, 6.45) is 0.351. The van der Waals surface area contributed by atoms with Gasteiger partial charge >= 0.3 is 12.1 Å². The van der Waals surface area contributed by atoms with Gasteiger partial charge in [0.25, 0.3) is 0 Å². The fourth-order valence-electron chi connectivity index (χ4n) is 4.53. The monoisotopic (exact) mass is 482 g/mol. The van der Waals surface area contributed by atoms with Crippen molar-refractivity contribution in [3.63, 3.8) is 0 Å². The van der Waals surface area contributed by atoms with E-state index in [-0.39, 0.29) is 11.4 Å². The van der Waals surface area contributed by atoms with Crippen LogP contribution in [0.25, 0.3) is 5.82 Å². The van der Waals surface area contributed by atoms with Gasteiger partial charge in [-0.2, -0.15) is 13.2 Å². The quantitative estimate of drug-likeness (QED) is 0.703. The summed E-state index contributed by atoms with van der Waals surface area (Å²) in [7, 11) is 1.73. The van der Waals surface area contributed by atoms with Gasteiger partial charge in [-0.1, -0.05) is 13.8 Å². The van der Waals surface area contributed by atoms with Gasteiger partial charge in [-0.05, 0) is 36.6 Å². The van der Waals surface area contributed by atoms with Gasteiger partial charge in [-0.15, -0.1) is 0 Å². The van der Waals surface area contributed by atoms with Gasteiger partial charge in [0.1, 0.15) is 5.54 Å². The second-order valence-corrected chi connectivity index (χ2v) is 8.75. The van der Waals surface area contributed by atoms with Crippen molar-refractivity contribution in [2.24, 2.45) is 5.92 Å². The lowest BCUT2D eigenvalue weighted by Crippen LogP contribution is -2.53. The molecule has 1 saturated heterocycles. The maximum absolute atomic E-state index is 12.8. The van der Waals surface area contributed by atoms with Crippen molar-refractivity contribution >= 4 is 17.6 Å². The van der Waals surface area contributed by atoms with Crippen LogP contribution in [-0.2, 0) is 19.9 Å². The summed E-state index contributed by atoms with van der Waals surface area (Å²) in [5, 5.41) is 7.12. The van der Waals surface area contributed by atoms with E-state index >= 15 is 0 Å². The summed E-state index contributed by atoms with van der Waals surface area (Å²) < 4.78 is 39.3. The van der Waals surface area contributed by atoms with Crippen molar-refractivity contribution in [1.82, 2.24) is 14.5 Å². The van der Waals surface area contributed by atoms with E-state index in [1.54, 1.807) is 7.11 Å². The highest BCUT2D eigenvalue weighted by atomic mass is 19.4. The van der Waals surface area contributed by atoms with Crippen LogP contribution in [0.4, 0.5) is 18.9 Å². The first-order valence-electron chi connectivity index (χ1n) is 11.0. The first-order chi connectivity index (χ1) is 16.0. The molecule has 2 aliphatic rings. The van der Waals surface area contributed by atoms with Crippen LogP contribution in [-0.4, -0.2) is 71.0 Å². The third-order valence-corrected chi connectivity index (χ3v) is 5.97. The number of carbonyl (C=O) groups excluding carboxylic acids is 1. The average molecular weight is 483 g/mol. The number of carboxylic acids is 1. The number of likely N-dealkylation sites (tertiary alicyclic amines) is 1. The van der Waals surface area contributed by atoms with Crippen LogP contribution in [0.15, 0.2) is 36.7 Å². The highest BCUT2D eigenvalue weighted by Crippen LogP contribution is 2.46. The number of nitrogens with zero attached hydrogens (tertiary/aromatic N) is 4. The van der Waals surface area contributed by atoms with E-state index in [0.29, 0.717) is 25.5 Å². The van der Waals surface area contributed by atoms with Gasteiger partial charge < -0.3 is 24.2 Å². The Kier molecular flexibility index (Phi) is 7.54. The van der Waals surface area contributed by atoms with E-state index in [4.69, 9.17) is 14.6 Å². The number of fused-ring (bicyclic) bond motifs is 4. The molecule has 186 valence electrons. The lowest BCUT2D eigenvalue weighted by molar-refractivity contribution is -0.192. The maximum Gasteiger partial charge on any atom is 0.490 e. The summed E-state index contributed by atoms with van der Waals surface area (Å²) in [6, 6.07) is 8.36. The Labute approximate surface area is 195 Å². The number of anilines is 1. The average Bonchev–Trinajstić information content (AvgIpc) is 3.42. The van der Waals surface area contributed by atoms with Crippen molar-refractivity contribution < 1.29 is 32.6 Å². The predicted octanol–water partition coefficient (Wildman–Crippen LogP) is 3.45. The van der Waals surface area contributed by atoms with Crippen LogP contribution in [0.2, 0.25) is 0 Å². The van der Waals surface area contributed by atoms with Crippen molar-refractivity contribution in [3.05, 3.63) is 42.4 Å². The predicted molar refractivity (Wildman–Crippen MR) is 119 cm³/mol. The smallest absolute Gasteiger partial charge is 0.475 e. The molecule has 1 fully saturated rings. The minimum Gasteiger partial charge on any atom is -0.475 e. The van der Waals surface area contributed by atoms with Crippen molar-refractivity contribution in [1.29, 1.82) is 0 Å². The molecule has 8 nitrogen and oxygen atoms in total. The van der Waals surface area contributed by atoms with Crippen molar-refractivity contribution in [2.75, 3.05) is 38.3 Å². The zero-order valence-corrected chi connectivity index (χ0v) is 19.4. The Balaban J connectivity index is 0.000000406. The molecule has 1 spiro atoms. The topological polar surface area (TPSA) is 87.9 Å². The Hall–Kier alpha value is -3.08. The van der Waals surface area contributed by atoms with Crippen LogP contribution in [0.5, 0.6) is 0 Å². The first-order valence-corrected chi connectivity index (χ1v) is 11.0. The Morgan fingerprint density at radius 3 is 2.59 bits per heavy atom. The molecule has 34 heavy (non-hydrogen) atoms. The number of ether oxygens (including phenoxy) is 1. The second kappa shape index (κ2) is 10.0. The van der Waals surface area contributed by atoms with Crippen LogP contribution < -0.4 is 4.90 Å². The lowest BCUT2D eigenvalue weighted by atomic mass is 9.89. The number of alkyl halides is 3. The molecule has 2 aromatic heterocycles. The number of hydrogen-bond donors (Lipinski definition) is 1. The number of pyridine rings is 1. The first kappa shape index (κ1) is 25.5. The normalized spacial score (nSPS) is 19.0. The molecule has 2 aromatic rings. The minimum absolute atomic E-state index is 0.231. The van der Waals surface area contributed by atoms with Gasteiger partial charge in [0, 0.05) is 45.6 Å². The number of carboxylic acid groups (broad SMARTS) is 1. The number of rotatable bonds is 5. The number of hydrogen-bond acceptors (Lipinski definition) is 5. The number of carbonyl (C=O) groups is 2. The molecule has 11 heteroatoms. The van der Waals surface area contributed by atoms with Gasteiger partial charge in [0.05, 0.1) is 18.0 Å². The summed E-state index contributed by atoms with van der Waals surface area (Å²) in [5.74, 6) is -1.18. The SMILES string of the molecule is COCCN1c2cccnc2-n2cccc2C12CCN(C(=O)CC(C)C)C2.O=C(O)C(F)(F)F. The maximum atomic E-state index is 12.8. The molecule has 1 amide bonds. The summed E-state index contributed by atoms with van der Waals surface area (Å²) in [4.78, 5) is 30.8. The van der Waals surface area contributed by atoms with Crippen LogP contribution in [0.1, 0.15) is 32.4 Å². The molecule has 1 N–H and O–H groups in total. The number of methoxy groups -OCH3 is 1. The largest absolute Gasteiger partial charge is 0.490 e. The highest BCUT2D eigenvalue weighted by molar-refractivity contribution is 5.77. The van der Waals surface area contributed by atoms with Gasteiger partial charge in [-0.25, -0.2) is 9.78 Å². The molecular formula is C23H29F3N4O4. The number of aromatic nitrogens is 2. The Bertz CT molecular complexity index is 1020. The zero-order chi connectivity index (χ0) is 25.1. The summed E-state index contributed by atoms with van der Waals surface area (Å²) in [6.45, 7) is 7.10. The molecule has 4 rings (SSSR count). The van der Waals surface area contributed by atoms with Crippen LogP contribution >= 0.6 is 0 Å². The van der Waals surface area contributed by atoms with E-state index in [9.17, 15) is 18.0 Å². The van der Waals surface area contributed by atoms with Gasteiger partial charge in [0.2, 0.25) is 5.91 Å². The van der Waals surface area contributed by atoms with Crippen molar-refractivity contribution in [2.45, 2.75) is 38.4 Å². The molecule has 0 radical (unpaired) electrons. The van der Waals surface area contributed by atoms with Gasteiger partial charge in [0.15, 0.2) is 5.82 Å². The zero-order valence-electron chi connectivity index (χ0n) is 19.4. The fourth-order valence-corrected chi connectivity index (χ4v) is 4.53. The lowest BCUT2D eigenvalue weighted by Gasteiger charge is -2.47. The Morgan fingerprint density at radius 1 is 1.26 bits per heavy atom. The highest BCUT2D eigenvalue weighted by Gasteiger charge is 2.50. The molecule has 0 aromatic carbocycles. The standard InChI is InChI=1S/C21H28N4O2.C2HF3O2/c1-16(2)14-19(26)23-11-8-21(15-23)18-7-5-10-24(18)20-17(6-4-9-22-20)25(21)12-13-27-3;3-2(4,5)1(6)7/h4-7,9-10,16H,8,11-15H2,1-3H3;(H,6,7). The third-order valence-electron chi connectivity index (χ3n) is 5.97. The second-order valence-electron chi connectivity index (χ2n) is 8.75. The summed E-state index contributed by atoms with van der Waals surface area (Å²) >= 11 is 0. The fraction of sp³-hybridized carbons (Fsp3) is 0.522. The van der Waals surface area contributed by atoms with Crippen LogP contribution in [0.3, 0.4) is 0 Å². The Morgan fingerprint density at radius 2 is 1.97 bits per heavy atom. The molecule has 2 aliphatic heterocycles. The molecular weight excluding hydrogens is 453 g/mol.